The fourth-order valence-corrected chi connectivity index (χ4v) is 4.84. The molecule has 0 bridgehead atoms. The first-order valence-electron chi connectivity index (χ1n) is 11.0. The smallest absolute Gasteiger partial charge is 0.294 e. The van der Waals surface area contributed by atoms with Gasteiger partial charge in [-0.1, -0.05) is 6.92 Å². The van der Waals surface area contributed by atoms with E-state index in [9.17, 15) is 24.5 Å². The average molecular weight is 484 g/mol. The van der Waals surface area contributed by atoms with E-state index in [2.05, 4.69) is 6.92 Å². The number of imide groups is 1. The van der Waals surface area contributed by atoms with Gasteiger partial charge in [-0.2, -0.15) is 0 Å². The summed E-state index contributed by atoms with van der Waals surface area (Å²) in [6.45, 7) is 6.63. The van der Waals surface area contributed by atoms with Crippen LogP contribution in [0.15, 0.2) is 33.6 Å². The van der Waals surface area contributed by atoms with E-state index in [1.807, 2.05) is 0 Å². The highest BCUT2D eigenvalue weighted by molar-refractivity contribution is 8.18. The number of carbonyl (C=O) groups is 3. The van der Waals surface area contributed by atoms with Crippen LogP contribution in [0.2, 0.25) is 0 Å². The summed E-state index contributed by atoms with van der Waals surface area (Å²) >= 11 is 0.760. The Bertz CT molecular complexity index is 1210. The molecule has 4 rings (SSSR count). The number of furan rings is 1. The second-order valence-corrected chi connectivity index (χ2v) is 9.72. The maximum absolute atomic E-state index is 12.8. The summed E-state index contributed by atoms with van der Waals surface area (Å²) in [7, 11) is 0. The van der Waals surface area contributed by atoms with Crippen LogP contribution in [0, 0.1) is 29.9 Å². The van der Waals surface area contributed by atoms with Gasteiger partial charge in [0.05, 0.1) is 9.83 Å². The number of piperidine rings is 1. The lowest BCUT2D eigenvalue weighted by atomic mass is 9.99. The van der Waals surface area contributed by atoms with Crippen molar-refractivity contribution in [2.45, 2.75) is 33.6 Å². The monoisotopic (exact) mass is 483 g/mol. The molecule has 2 aliphatic rings. The number of nitrogens with zero attached hydrogens (tertiary/aromatic N) is 3. The zero-order chi connectivity index (χ0) is 24.6. The number of rotatable bonds is 5. The first-order chi connectivity index (χ1) is 16.1. The number of hydrogen-bond acceptors (Lipinski definition) is 7. The van der Waals surface area contributed by atoms with Gasteiger partial charge in [-0.25, -0.2) is 0 Å². The molecule has 3 heterocycles. The molecular weight excluding hydrogens is 458 g/mol. The second kappa shape index (κ2) is 9.46. The number of aryl methyl sites for hydroxylation is 1. The standard InChI is InChI=1S/C24H25N3O6S/c1-14-6-8-25(9-7-14)22(28)13-26-23(29)21(34-24(26)30)12-18-4-5-20(33-18)17-10-15(2)16(3)19(11-17)27(31)32/h4-5,10-12,14H,6-9,13H2,1-3H3/b21-12+. The van der Waals surface area contributed by atoms with Crippen molar-refractivity contribution in [2.24, 2.45) is 5.92 Å². The number of nitro groups is 1. The molecule has 34 heavy (non-hydrogen) atoms. The molecule has 0 saturated carbocycles. The van der Waals surface area contributed by atoms with Crippen LogP contribution in [0.4, 0.5) is 10.5 Å². The summed E-state index contributed by atoms with van der Waals surface area (Å²) in [5, 5.41) is 10.8. The minimum atomic E-state index is -0.534. The van der Waals surface area contributed by atoms with Crippen molar-refractivity contribution in [3.8, 4) is 11.3 Å². The van der Waals surface area contributed by atoms with Crippen molar-refractivity contribution in [1.82, 2.24) is 9.80 Å². The molecule has 1 aromatic heterocycles. The van der Waals surface area contributed by atoms with Crippen LogP contribution in [0.25, 0.3) is 17.4 Å². The minimum Gasteiger partial charge on any atom is -0.457 e. The van der Waals surface area contributed by atoms with Gasteiger partial charge in [0.15, 0.2) is 0 Å². The highest BCUT2D eigenvalue weighted by atomic mass is 32.2. The Labute approximate surface area is 200 Å². The van der Waals surface area contributed by atoms with Crippen LogP contribution in [0.3, 0.4) is 0 Å². The van der Waals surface area contributed by atoms with Crippen LogP contribution in [0.1, 0.15) is 36.7 Å². The molecule has 0 atom stereocenters. The third-order valence-corrected chi connectivity index (χ3v) is 7.23. The predicted molar refractivity (Wildman–Crippen MR) is 128 cm³/mol. The van der Waals surface area contributed by atoms with Crippen molar-refractivity contribution < 1.29 is 23.7 Å². The van der Waals surface area contributed by atoms with Gasteiger partial charge in [0.25, 0.3) is 16.8 Å². The Hall–Kier alpha value is -3.40. The van der Waals surface area contributed by atoms with Gasteiger partial charge >= 0.3 is 0 Å². The fraction of sp³-hybridized carbons (Fsp3) is 0.375. The molecule has 3 amide bonds. The molecule has 0 spiro atoms. The van der Waals surface area contributed by atoms with E-state index >= 15 is 0 Å². The largest absolute Gasteiger partial charge is 0.457 e. The number of amides is 3. The molecule has 2 fully saturated rings. The number of nitro benzene ring substituents is 1. The van der Waals surface area contributed by atoms with Crippen molar-refractivity contribution in [3.05, 3.63) is 56.2 Å². The van der Waals surface area contributed by atoms with Crippen LogP contribution < -0.4 is 0 Å². The molecule has 0 aliphatic carbocycles. The molecule has 2 aromatic rings. The molecule has 10 heteroatoms. The molecule has 9 nitrogen and oxygen atoms in total. The summed E-state index contributed by atoms with van der Waals surface area (Å²) < 4.78 is 5.80. The van der Waals surface area contributed by atoms with Crippen molar-refractivity contribution in [2.75, 3.05) is 19.6 Å². The van der Waals surface area contributed by atoms with Crippen LogP contribution in [0.5, 0.6) is 0 Å². The Balaban J connectivity index is 1.49. The number of likely N-dealkylation sites (tertiary alicyclic amines) is 1. The molecule has 2 aliphatic heterocycles. The van der Waals surface area contributed by atoms with Gasteiger partial charge in [-0.05, 0) is 68.1 Å². The zero-order valence-electron chi connectivity index (χ0n) is 19.2. The lowest BCUT2D eigenvalue weighted by molar-refractivity contribution is -0.385. The fourth-order valence-electron chi connectivity index (χ4n) is 4.02. The molecule has 0 unspecified atom stereocenters. The Kier molecular flexibility index (Phi) is 6.60. The Morgan fingerprint density at radius 3 is 2.62 bits per heavy atom. The van der Waals surface area contributed by atoms with E-state index in [1.54, 1.807) is 36.9 Å². The lowest BCUT2D eigenvalue weighted by Gasteiger charge is -2.31. The second-order valence-electron chi connectivity index (χ2n) is 8.73. The quantitative estimate of drug-likeness (QED) is 0.342. The molecule has 0 N–H and O–H groups in total. The molecular formula is C24H25N3O6S. The molecule has 178 valence electrons. The van der Waals surface area contributed by atoms with Crippen LogP contribution >= 0.6 is 11.8 Å². The van der Waals surface area contributed by atoms with Gasteiger partial charge in [-0.3, -0.25) is 29.4 Å². The topological polar surface area (TPSA) is 114 Å². The van der Waals surface area contributed by atoms with Gasteiger partial charge < -0.3 is 9.32 Å². The number of benzene rings is 1. The van der Waals surface area contributed by atoms with Gasteiger partial charge in [0.2, 0.25) is 5.91 Å². The van der Waals surface area contributed by atoms with E-state index in [4.69, 9.17) is 4.42 Å². The lowest BCUT2D eigenvalue weighted by Crippen LogP contribution is -2.45. The SMILES string of the molecule is Cc1cc(-c2ccc(/C=C3/SC(=O)N(CC(=O)N4CCC(C)CC4)C3=O)o2)cc([N+](=O)[O-])c1C. The first kappa shape index (κ1) is 23.7. The van der Waals surface area contributed by atoms with Crippen LogP contribution in [-0.4, -0.2) is 51.4 Å². The maximum Gasteiger partial charge on any atom is 0.294 e. The minimum absolute atomic E-state index is 0.00176. The van der Waals surface area contributed by atoms with Crippen molar-refractivity contribution in [3.63, 3.8) is 0 Å². The van der Waals surface area contributed by atoms with Crippen LogP contribution in [-0.2, 0) is 9.59 Å². The average Bonchev–Trinajstić information content (AvgIpc) is 3.36. The Morgan fingerprint density at radius 2 is 1.94 bits per heavy atom. The molecule has 0 radical (unpaired) electrons. The van der Waals surface area contributed by atoms with Gasteiger partial charge in [0, 0.05) is 36.4 Å². The summed E-state index contributed by atoms with van der Waals surface area (Å²) in [5.74, 6) is 0.543. The van der Waals surface area contributed by atoms with E-state index in [1.165, 1.54) is 12.1 Å². The number of hydrogen-bond donors (Lipinski definition) is 0. The summed E-state index contributed by atoms with van der Waals surface area (Å²) in [5.41, 5.74) is 1.89. The third-order valence-electron chi connectivity index (χ3n) is 6.32. The summed E-state index contributed by atoms with van der Waals surface area (Å²) in [6, 6.07) is 6.53. The molecule has 2 saturated heterocycles. The van der Waals surface area contributed by atoms with E-state index in [0.717, 1.165) is 35.1 Å². The van der Waals surface area contributed by atoms with Crippen molar-refractivity contribution >= 4 is 40.6 Å². The Morgan fingerprint density at radius 1 is 1.24 bits per heavy atom. The predicted octanol–water partition coefficient (Wildman–Crippen LogP) is 4.77. The highest BCUT2D eigenvalue weighted by Crippen LogP contribution is 2.35. The number of carbonyl (C=O) groups excluding carboxylic acids is 3. The first-order valence-corrected chi connectivity index (χ1v) is 11.8. The summed E-state index contributed by atoms with van der Waals surface area (Å²) in [6.07, 6.45) is 3.28. The van der Waals surface area contributed by atoms with Gasteiger partial charge in [-0.15, -0.1) is 0 Å². The van der Waals surface area contributed by atoms with E-state index in [-0.39, 0.29) is 23.0 Å². The van der Waals surface area contributed by atoms with Gasteiger partial charge in [0.1, 0.15) is 18.1 Å². The number of thioether (sulfide) groups is 1. The normalized spacial score (nSPS) is 18.3. The van der Waals surface area contributed by atoms with E-state index < -0.39 is 16.1 Å². The van der Waals surface area contributed by atoms with E-state index in [0.29, 0.717) is 41.7 Å². The third kappa shape index (κ3) is 4.77. The summed E-state index contributed by atoms with van der Waals surface area (Å²) in [4.78, 5) is 51.5. The highest BCUT2D eigenvalue weighted by Gasteiger charge is 2.37. The van der Waals surface area contributed by atoms with Crippen molar-refractivity contribution in [1.29, 1.82) is 0 Å². The zero-order valence-corrected chi connectivity index (χ0v) is 20.0. The molecule has 1 aromatic carbocycles. The maximum atomic E-state index is 12.8.